The normalized spacial score (nSPS) is 11.7. The Bertz CT molecular complexity index is 697. The van der Waals surface area contributed by atoms with Crippen molar-refractivity contribution in [3.8, 4) is 0 Å². The molecular formula is C10H9ClF3N5O2. The smallest absolute Gasteiger partial charge is 0.375 e. The molecule has 0 saturated carbocycles. The molecule has 2 rings (SSSR count). The highest BCUT2D eigenvalue weighted by atomic mass is 35.5. The molecule has 1 N–H and O–H groups in total. The van der Waals surface area contributed by atoms with E-state index in [1.165, 1.54) is 0 Å². The van der Waals surface area contributed by atoms with Gasteiger partial charge in [-0.05, 0) is 0 Å². The van der Waals surface area contributed by atoms with Gasteiger partial charge in [-0.1, -0.05) is 16.8 Å². The van der Waals surface area contributed by atoms with Gasteiger partial charge in [0.05, 0.1) is 18.4 Å². The molecule has 0 unspecified atom stereocenters. The maximum atomic E-state index is 12.2. The summed E-state index contributed by atoms with van der Waals surface area (Å²) in [6, 6.07) is 0. The molecule has 11 heteroatoms. The molecule has 0 radical (unpaired) electrons. The van der Waals surface area contributed by atoms with Crippen LogP contribution in [0.3, 0.4) is 0 Å². The third-order valence-electron chi connectivity index (χ3n) is 2.32. The van der Waals surface area contributed by atoms with Gasteiger partial charge in [0.1, 0.15) is 11.6 Å². The Morgan fingerprint density at radius 3 is 2.76 bits per heavy atom. The first-order valence-electron chi connectivity index (χ1n) is 5.61. The summed E-state index contributed by atoms with van der Waals surface area (Å²) in [4.78, 5) is 15.6. The quantitative estimate of drug-likeness (QED) is 0.922. The molecule has 21 heavy (non-hydrogen) atoms. The van der Waals surface area contributed by atoms with Crippen LogP contribution in [0.5, 0.6) is 0 Å². The Morgan fingerprint density at radius 2 is 2.19 bits per heavy atom. The van der Waals surface area contributed by atoms with Crippen molar-refractivity contribution in [2.45, 2.75) is 26.2 Å². The molecule has 2 aromatic heterocycles. The molecular weight excluding hydrogens is 315 g/mol. The SMILES string of the molecule is Cc1nc(CNc2cnn(CC(F)(F)F)c(=O)c2Cl)no1. The standard InChI is InChI=1S/C10H9ClF3N5O2/c1-5-17-7(18-21-5)3-15-6-2-16-19(4-10(12,13)14)9(20)8(6)11/h2,15H,3-4H2,1H3. The lowest BCUT2D eigenvalue weighted by molar-refractivity contribution is -0.143. The van der Waals surface area contributed by atoms with Crippen LogP contribution < -0.4 is 10.9 Å². The minimum atomic E-state index is -4.56. The molecule has 0 bridgehead atoms. The van der Waals surface area contributed by atoms with Gasteiger partial charge in [-0.2, -0.15) is 23.3 Å². The Labute approximate surface area is 120 Å². The number of alkyl halides is 3. The molecule has 0 aliphatic heterocycles. The lowest BCUT2D eigenvalue weighted by atomic mass is 10.4. The van der Waals surface area contributed by atoms with Gasteiger partial charge in [-0.3, -0.25) is 4.79 Å². The van der Waals surface area contributed by atoms with Crippen LogP contribution in [0.2, 0.25) is 5.02 Å². The fourth-order valence-electron chi connectivity index (χ4n) is 1.46. The van der Waals surface area contributed by atoms with E-state index in [1.54, 1.807) is 6.92 Å². The molecule has 0 atom stereocenters. The molecule has 0 fully saturated rings. The first-order chi connectivity index (χ1) is 9.76. The molecule has 2 heterocycles. The van der Waals surface area contributed by atoms with Crippen molar-refractivity contribution < 1.29 is 17.7 Å². The second-order valence-electron chi connectivity index (χ2n) is 4.03. The lowest BCUT2D eigenvalue weighted by Crippen LogP contribution is -2.30. The summed E-state index contributed by atoms with van der Waals surface area (Å²) in [7, 11) is 0. The van der Waals surface area contributed by atoms with E-state index in [1.807, 2.05) is 0 Å². The number of rotatable bonds is 4. The third kappa shape index (κ3) is 3.94. The van der Waals surface area contributed by atoms with Gasteiger partial charge < -0.3 is 9.84 Å². The summed E-state index contributed by atoms with van der Waals surface area (Å²) in [5.41, 5.74) is -0.953. The molecule has 0 amide bonds. The first kappa shape index (κ1) is 15.3. The van der Waals surface area contributed by atoms with Crippen molar-refractivity contribution in [3.05, 3.63) is 33.3 Å². The van der Waals surface area contributed by atoms with Gasteiger partial charge in [0.15, 0.2) is 5.82 Å². The van der Waals surface area contributed by atoms with Crippen LogP contribution in [0.4, 0.5) is 18.9 Å². The van der Waals surface area contributed by atoms with E-state index in [4.69, 9.17) is 16.1 Å². The van der Waals surface area contributed by atoms with E-state index < -0.39 is 23.3 Å². The van der Waals surface area contributed by atoms with Gasteiger partial charge in [0.25, 0.3) is 5.56 Å². The Morgan fingerprint density at radius 1 is 1.48 bits per heavy atom. The summed E-state index contributed by atoms with van der Waals surface area (Å²) in [5, 5.41) is 9.33. The van der Waals surface area contributed by atoms with E-state index in [0.29, 0.717) is 11.7 Å². The van der Waals surface area contributed by atoms with Crippen LogP contribution in [-0.4, -0.2) is 26.1 Å². The monoisotopic (exact) mass is 323 g/mol. The highest BCUT2D eigenvalue weighted by molar-refractivity contribution is 6.32. The van der Waals surface area contributed by atoms with Crippen LogP contribution >= 0.6 is 11.6 Å². The fourth-order valence-corrected chi connectivity index (χ4v) is 1.67. The summed E-state index contributed by atoms with van der Waals surface area (Å²) in [6.45, 7) is 0.181. The molecule has 2 aromatic rings. The Kier molecular flexibility index (Phi) is 4.16. The highest BCUT2D eigenvalue weighted by Gasteiger charge is 2.29. The van der Waals surface area contributed by atoms with Crippen LogP contribution in [0.15, 0.2) is 15.5 Å². The van der Waals surface area contributed by atoms with Gasteiger partial charge in [0, 0.05) is 6.92 Å². The number of nitrogens with one attached hydrogen (secondary N) is 1. The average Bonchev–Trinajstić information content (AvgIpc) is 2.79. The fraction of sp³-hybridized carbons (Fsp3) is 0.400. The second-order valence-corrected chi connectivity index (χ2v) is 4.41. The summed E-state index contributed by atoms with van der Waals surface area (Å²) in [6.07, 6.45) is -3.53. The van der Waals surface area contributed by atoms with Crippen LogP contribution in [0.1, 0.15) is 11.7 Å². The van der Waals surface area contributed by atoms with Crippen molar-refractivity contribution in [2.24, 2.45) is 0 Å². The van der Waals surface area contributed by atoms with Crippen molar-refractivity contribution >= 4 is 17.3 Å². The topological polar surface area (TPSA) is 85.8 Å². The number of anilines is 1. The zero-order valence-electron chi connectivity index (χ0n) is 10.6. The predicted octanol–water partition coefficient (Wildman–Crippen LogP) is 1.76. The average molecular weight is 324 g/mol. The van der Waals surface area contributed by atoms with Crippen LogP contribution in [0.25, 0.3) is 0 Å². The van der Waals surface area contributed by atoms with E-state index in [0.717, 1.165) is 6.20 Å². The van der Waals surface area contributed by atoms with E-state index >= 15 is 0 Å². The third-order valence-corrected chi connectivity index (χ3v) is 2.69. The lowest BCUT2D eigenvalue weighted by Gasteiger charge is -2.10. The number of aryl methyl sites for hydroxylation is 1. The molecule has 0 aliphatic rings. The highest BCUT2D eigenvalue weighted by Crippen LogP contribution is 2.19. The number of nitrogens with zero attached hydrogens (tertiary/aromatic N) is 4. The number of halogens is 4. The largest absolute Gasteiger partial charge is 0.408 e. The van der Waals surface area contributed by atoms with Crippen molar-refractivity contribution in [1.82, 2.24) is 19.9 Å². The molecule has 0 aromatic carbocycles. The number of hydrogen-bond acceptors (Lipinski definition) is 6. The van der Waals surface area contributed by atoms with Crippen molar-refractivity contribution in [3.63, 3.8) is 0 Å². The molecule has 7 nitrogen and oxygen atoms in total. The van der Waals surface area contributed by atoms with E-state index in [2.05, 4.69) is 20.6 Å². The maximum absolute atomic E-state index is 12.2. The summed E-state index contributed by atoms with van der Waals surface area (Å²) >= 11 is 5.73. The van der Waals surface area contributed by atoms with Crippen LogP contribution in [-0.2, 0) is 13.1 Å². The number of hydrogen-bond donors (Lipinski definition) is 1. The van der Waals surface area contributed by atoms with E-state index in [-0.39, 0.29) is 16.9 Å². The van der Waals surface area contributed by atoms with Crippen molar-refractivity contribution in [1.29, 1.82) is 0 Å². The van der Waals surface area contributed by atoms with Crippen LogP contribution in [0, 0.1) is 6.92 Å². The summed E-state index contributed by atoms with van der Waals surface area (Å²) in [5.74, 6) is 0.666. The van der Waals surface area contributed by atoms with Gasteiger partial charge in [0.2, 0.25) is 5.89 Å². The Balaban J connectivity index is 2.15. The first-order valence-corrected chi connectivity index (χ1v) is 5.99. The zero-order valence-corrected chi connectivity index (χ0v) is 11.4. The summed E-state index contributed by atoms with van der Waals surface area (Å²) < 4.78 is 41.7. The molecule has 0 spiro atoms. The zero-order chi connectivity index (χ0) is 15.6. The molecule has 114 valence electrons. The van der Waals surface area contributed by atoms with Gasteiger partial charge in [-0.15, -0.1) is 0 Å². The minimum absolute atomic E-state index is 0.0848. The second kappa shape index (κ2) is 5.72. The maximum Gasteiger partial charge on any atom is 0.408 e. The Hall–Kier alpha value is -2.10. The molecule has 0 aliphatic carbocycles. The van der Waals surface area contributed by atoms with Crippen molar-refractivity contribution in [2.75, 3.05) is 5.32 Å². The van der Waals surface area contributed by atoms with Gasteiger partial charge >= 0.3 is 6.18 Å². The minimum Gasteiger partial charge on any atom is -0.375 e. The molecule has 0 saturated heterocycles. The predicted molar refractivity (Wildman–Crippen MR) is 65.9 cm³/mol. The number of aromatic nitrogens is 4. The van der Waals surface area contributed by atoms with Gasteiger partial charge in [-0.25, -0.2) is 4.68 Å². The van der Waals surface area contributed by atoms with E-state index in [9.17, 15) is 18.0 Å².